The third-order valence-corrected chi connectivity index (χ3v) is 6.51. The summed E-state index contributed by atoms with van der Waals surface area (Å²) in [5.41, 5.74) is 5.31. The molecule has 4 N–H and O–H groups in total. The van der Waals surface area contributed by atoms with E-state index in [0.29, 0.717) is 18.5 Å². The molecule has 182 valence electrons. The molecule has 4 rings (SSSR count). The van der Waals surface area contributed by atoms with Crippen LogP contribution >= 0.6 is 0 Å². The molecule has 2 aromatic rings. The van der Waals surface area contributed by atoms with Crippen molar-refractivity contribution in [1.82, 2.24) is 15.1 Å². The van der Waals surface area contributed by atoms with Crippen molar-refractivity contribution in [2.24, 2.45) is 17.1 Å². The maximum atomic E-state index is 12.8. The molecule has 0 bridgehead atoms. The zero-order valence-corrected chi connectivity index (χ0v) is 18.7. The Morgan fingerprint density at radius 1 is 1.32 bits per heavy atom. The number of nitriles is 1. The van der Waals surface area contributed by atoms with E-state index in [1.165, 1.54) is 18.3 Å². The number of aromatic nitrogens is 2. The molecule has 0 radical (unpaired) electrons. The van der Waals surface area contributed by atoms with Crippen LogP contribution in [-0.4, -0.2) is 41.5 Å². The predicted octanol–water partition coefficient (Wildman–Crippen LogP) is 3.60. The number of ether oxygens (including phenoxy) is 1. The Kier molecular flexibility index (Phi) is 6.55. The number of nitrogens with one attached hydrogen (secondary N) is 2. The Morgan fingerprint density at radius 3 is 2.59 bits per heavy atom. The number of primary amides is 1. The summed E-state index contributed by atoms with van der Waals surface area (Å²) in [5.74, 6) is -0.904. The standard InChI is InChI=1S/C23H27F3N6O2/c1-22(12-34-13-22)11-29-17-6-7-19(14(8-17)9-27)32-10-18(20(28)33)21(31-32)30-16-4-2-15(3-5-16)23(24,25)26/h2-5,10,14,17,19,29H,6-8,11-13H2,1H3,(H2,28,33)(H,30,31)/t14?,17-,19+/m1/s1. The van der Waals surface area contributed by atoms with Crippen LogP contribution in [0.15, 0.2) is 30.5 Å². The van der Waals surface area contributed by atoms with Crippen molar-refractivity contribution in [2.75, 3.05) is 25.1 Å². The molecule has 8 nitrogen and oxygen atoms in total. The van der Waals surface area contributed by atoms with E-state index in [1.807, 2.05) is 0 Å². The molecule has 1 saturated heterocycles. The van der Waals surface area contributed by atoms with Crippen molar-refractivity contribution in [1.29, 1.82) is 5.26 Å². The number of carbonyl (C=O) groups is 1. The molecule has 2 heterocycles. The molecule has 2 fully saturated rings. The first-order valence-electron chi connectivity index (χ1n) is 11.1. The zero-order valence-electron chi connectivity index (χ0n) is 18.7. The Balaban J connectivity index is 1.47. The van der Waals surface area contributed by atoms with Gasteiger partial charge in [0.1, 0.15) is 5.56 Å². The van der Waals surface area contributed by atoms with Crippen LogP contribution in [0.25, 0.3) is 0 Å². The quantitative estimate of drug-likeness (QED) is 0.562. The van der Waals surface area contributed by atoms with Crippen LogP contribution < -0.4 is 16.4 Å². The fourth-order valence-corrected chi connectivity index (χ4v) is 4.45. The van der Waals surface area contributed by atoms with Crippen molar-refractivity contribution in [2.45, 2.75) is 44.4 Å². The molecule has 1 aliphatic carbocycles. The largest absolute Gasteiger partial charge is 0.416 e. The minimum atomic E-state index is -4.44. The van der Waals surface area contributed by atoms with Gasteiger partial charge in [0.25, 0.3) is 5.91 Å². The number of rotatable bonds is 7. The van der Waals surface area contributed by atoms with Crippen molar-refractivity contribution >= 4 is 17.4 Å². The molecular weight excluding hydrogens is 449 g/mol. The van der Waals surface area contributed by atoms with Crippen molar-refractivity contribution in [3.8, 4) is 6.07 Å². The van der Waals surface area contributed by atoms with E-state index in [-0.39, 0.29) is 34.8 Å². The zero-order chi connectivity index (χ0) is 24.5. The SMILES string of the molecule is CC1(CN[C@@H]2CC[C@H](n3cc(C(N)=O)c(Nc4ccc(C(F)(F)F)cc4)n3)C(C#N)C2)COC1. The molecule has 1 amide bonds. The molecule has 1 aromatic carbocycles. The van der Waals surface area contributed by atoms with Crippen LogP contribution in [0, 0.1) is 22.7 Å². The molecule has 1 unspecified atom stereocenters. The maximum absolute atomic E-state index is 12.8. The highest BCUT2D eigenvalue weighted by Gasteiger charge is 2.37. The lowest BCUT2D eigenvalue weighted by molar-refractivity contribution is -0.137. The third kappa shape index (κ3) is 5.18. The van der Waals surface area contributed by atoms with E-state index in [0.717, 1.165) is 38.3 Å². The highest BCUT2D eigenvalue weighted by atomic mass is 19.4. The van der Waals surface area contributed by atoms with Crippen molar-refractivity contribution < 1.29 is 22.7 Å². The number of benzene rings is 1. The van der Waals surface area contributed by atoms with Gasteiger partial charge in [0.05, 0.1) is 36.8 Å². The summed E-state index contributed by atoms with van der Waals surface area (Å²) in [7, 11) is 0. The first kappa shape index (κ1) is 24.0. The summed E-state index contributed by atoms with van der Waals surface area (Å²) in [5, 5.41) is 20.7. The summed E-state index contributed by atoms with van der Waals surface area (Å²) in [4.78, 5) is 12.0. The number of carbonyl (C=O) groups excluding carboxylic acids is 1. The number of halogens is 3. The molecule has 3 atom stereocenters. The number of hydrogen-bond donors (Lipinski definition) is 3. The molecule has 0 spiro atoms. The third-order valence-electron chi connectivity index (χ3n) is 6.51. The Hall–Kier alpha value is -3.10. The highest BCUT2D eigenvalue weighted by molar-refractivity contribution is 5.98. The number of nitrogens with zero attached hydrogens (tertiary/aromatic N) is 3. The highest BCUT2D eigenvalue weighted by Crippen LogP contribution is 2.36. The fraction of sp³-hybridized carbons (Fsp3) is 0.522. The molecule has 11 heteroatoms. The minimum Gasteiger partial charge on any atom is -0.380 e. The summed E-state index contributed by atoms with van der Waals surface area (Å²) in [6.07, 6.45) is -0.770. The number of anilines is 2. The Bertz CT molecular complexity index is 1070. The van der Waals surface area contributed by atoms with E-state index in [1.54, 1.807) is 4.68 Å². The van der Waals surface area contributed by atoms with E-state index < -0.39 is 17.6 Å². The summed E-state index contributed by atoms with van der Waals surface area (Å²) < 4.78 is 45.3. The smallest absolute Gasteiger partial charge is 0.380 e. The number of amides is 1. The van der Waals surface area contributed by atoms with Crippen LogP contribution in [0.5, 0.6) is 0 Å². The van der Waals surface area contributed by atoms with Crippen LogP contribution in [0.1, 0.15) is 48.1 Å². The topological polar surface area (TPSA) is 118 Å². The summed E-state index contributed by atoms with van der Waals surface area (Å²) >= 11 is 0. The second-order valence-electron chi connectivity index (χ2n) is 9.43. The van der Waals surface area contributed by atoms with Gasteiger partial charge >= 0.3 is 6.18 Å². The molecule has 2 aliphatic rings. The minimum absolute atomic E-state index is 0.106. The first-order valence-corrected chi connectivity index (χ1v) is 11.1. The van der Waals surface area contributed by atoms with Crippen molar-refractivity contribution in [3.05, 3.63) is 41.6 Å². The van der Waals surface area contributed by atoms with Gasteiger partial charge in [0.15, 0.2) is 5.82 Å². The second-order valence-corrected chi connectivity index (χ2v) is 9.43. The van der Waals surface area contributed by atoms with Gasteiger partial charge in [0.2, 0.25) is 0 Å². The number of alkyl halides is 3. The molecule has 1 aliphatic heterocycles. The van der Waals surface area contributed by atoms with Gasteiger partial charge in [-0.1, -0.05) is 6.92 Å². The Labute approximate surface area is 195 Å². The van der Waals surface area contributed by atoms with Gasteiger partial charge in [-0.25, -0.2) is 0 Å². The normalized spacial score (nSPS) is 24.1. The maximum Gasteiger partial charge on any atom is 0.416 e. The van der Waals surface area contributed by atoms with Crippen molar-refractivity contribution in [3.63, 3.8) is 0 Å². The van der Waals surface area contributed by atoms with Gasteiger partial charge < -0.3 is 21.1 Å². The van der Waals surface area contributed by atoms with E-state index in [2.05, 4.69) is 28.7 Å². The van der Waals surface area contributed by atoms with Gasteiger partial charge in [-0.2, -0.15) is 23.5 Å². The van der Waals surface area contributed by atoms with Crippen LogP contribution in [-0.2, 0) is 10.9 Å². The lowest BCUT2D eigenvalue weighted by Gasteiger charge is -2.41. The van der Waals surface area contributed by atoms with E-state index >= 15 is 0 Å². The lowest BCUT2D eigenvalue weighted by atomic mass is 9.81. The fourth-order valence-electron chi connectivity index (χ4n) is 4.45. The summed E-state index contributed by atoms with van der Waals surface area (Å²) in [6.45, 7) is 4.45. The number of nitrogens with two attached hydrogens (primary N) is 1. The van der Waals surface area contributed by atoms with Gasteiger partial charge in [0, 0.05) is 29.9 Å². The monoisotopic (exact) mass is 476 g/mol. The van der Waals surface area contributed by atoms with Crippen LogP contribution in [0.2, 0.25) is 0 Å². The molecule has 1 aromatic heterocycles. The van der Waals surface area contributed by atoms with E-state index in [4.69, 9.17) is 10.5 Å². The number of hydrogen-bond acceptors (Lipinski definition) is 6. The van der Waals surface area contributed by atoms with Crippen LogP contribution in [0.3, 0.4) is 0 Å². The second kappa shape index (κ2) is 9.27. The Morgan fingerprint density at radius 2 is 2.03 bits per heavy atom. The van der Waals surface area contributed by atoms with Gasteiger partial charge in [-0.15, -0.1) is 0 Å². The summed E-state index contributed by atoms with van der Waals surface area (Å²) in [6, 6.07) is 6.73. The molecule has 1 saturated carbocycles. The van der Waals surface area contributed by atoms with Crippen LogP contribution in [0.4, 0.5) is 24.7 Å². The average molecular weight is 477 g/mol. The van der Waals surface area contributed by atoms with E-state index in [9.17, 15) is 23.2 Å². The lowest BCUT2D eigenvalue weighted by Crippen LogP contribution is -2.50. The average Bonchev–Trinajstić information content (AvgIpc) is 3.19. The predicted molar refractivity (Wildman–Crippen MR) is 118 cm³/mol. The van der Waals surface area contributed by atoms with Gasteiger partial charge in [-0.3, -0.25) is 9.48 Å². The molecular formula is C23H27F3N6O2. The molecule has 34 heavy (non-hydrogen) atoms. The van der Waals surface area contributed by atoms with Gasteiger partial charge in [-0.05, 0) is 43.5 Å². The first-order chi connectivity index (χ1) is 16.1.